The van der Waals surface area contributed by atoms with Crippen LogP contribution in [-0.4, -0.2) is 21.7 Å². The van der Waals surface area contributed by atoms with E-state index in [2.05, 4.69) is 44.3 Å². The van der Waals surface area contributed by atoms with Crippen LogP contribution in [-0.2, 0) is 5.41 Å². The van der Waals surface area contributed by atoms with Crippen molar-refractivity contribution in [2.45, 2.75) is 33.1 Å². The molecule has 0 saturated carbocycles. The number of rotatable bonds is 4. The van der Waals surface area contributed by atoms with Gasteiger partial charge in [0.25, 0.3) is 0 Å². The third-order valence-electron chi connectivity index (χ3n) is 4.96. The molecule has 2 heterocycles. The van der Waals surface area contributed by atoms with Gasteiger partial charge in [0.15, 0.2) is 5.65 Å². The van der Waals surface area contributed by atoms with Crippen LogP contribution in [0.2, 0.25) is 0 Å². The number of aromatic nitrogens is 3. The Labute approximate surface area is 171 Å². The molecular weight excluding hydrogens is 360 g/mol. The molecule has 0 fully saturated rings. The molecule has 5 heteroatoms. The number of hydrogen-bond acceptors (Lipinski definition) is 4. The molecule has 0 unspecified atom stereocenters. The maximum Gasteiger partial charge on any atom is 0.165 e. The minimum absolute atomic E-state index is 0.0930. The molecule has 0 aliphatic rings. The fraction of sp³-hybridized carbons (Fsp3) is 0.250. The van der Waals surface area contributed by atoms with Gasteiger partial charge in [-0.2, -0.15) is 9.61 Å². The molecule has 0 amide bonds. The maximum atomic E-state index is 5.27. The van der Waals surface area contributed by atoms with Crippen molar-refractivity contribution in [1.29, 1.82) is 0 Å². The minimum atomic E-state index is -0.0930. The third kappa shape index (κ3) is 3.68. The molecule has 0 saturated heterocycles. The Bertz CT molecular complexity index is 1140. The SMILES string of the molecule is COc1ccc(Nc2cc(C(C)(C)C)nc3c(-c4ccccc4)c(C)nn23)cc1. The van der Waals surface area contributed by atoms with E-state index < -0.39 is 0 Å². The van der Waals surface area contributed by atoms with Gasteiger partial charge in [-0.05, 0) is 36.8 Å². The van der Waals surface area contributed by atoms with E-state index in [4.69, 9.17) is 14.8 Å². The highest BCUT2D eigenvalue weighted by Gasteiger charge is 2.22. The molecule has 5 nitrogen and oxygen atoms in total. The Balaban J connectivity index is 1.91. The number of nitrogens with zero attached hydrogens (tertiary/aromatic N) is 3. The summed E-state index contributed by atoms with van der Waals surface area (Å²) in [6.45, 7) is 8.56. The first-order chi connectivity index (χ1) is 13.9. The zero-order valence-corrected chi connectivity index (χ0v) is 17.5. The molecule has 0 spiro atoms. The first-order valence-electron chi connectivity index (χ1n) is 9.74. The van der Waals surface area contributed by atoms with E-state index in [-0.39, 0.29) is 5.41 Å². The van der Waals surface area contributed by atoms with Gasteiger partial charge in [0.1, 0.15) is 11.6 Å². The van der Waals surface area contributed by atoms with E-state index in [9.17, 15) is 0 Å². The lowest BCUT2D eigenvalue weighted by atomic mass is 9.92. The lowest BCUT2D eigenvalue weighted by molar-refractivity contribution is 0.415. The molecule has 148 valence electrons. The molecule has 0 aliphatic carbocycles. The van der Waals surface area contributed by atoms with Gasteiger partial charge >= 0.3 is 0 Å². The Morgan fingerprint density at radius 1 is 0.966 bits per heavy atom. The normalized spacial score (nSPS) is 11.6. The van der Waals surface area contributed by atoms with Crippen molar-refractivity contribution in [3.8, 4) is 16.9 Å². The molecular formula is C24H26N4O. The fourth-order valence-corrected chi connectivity index (χ4v) is 3.36. The lowest BCUT2D eigenvalue weighted by Crippen LogP contribution is -2.16. The van der Waals surface area contributed by atoms with Crippen LogP contribution in [0.4, 0.5) is 11.5 Å². The quantitative estimate of drug-likeness (QED) is 0.485. The molecule has 4 aromatic rings. The Morgan fingerprint density at radius 2 is 1.66 bits per heavy atom. The topological polar surface area (TPSA) is 51.5 Å². The van der Waals surface area contributed by atoms with Gasteiger partial charge in [0.2, 0.25) is 0 Å². The van der Waals surface area contributed by atoms with Crippen LogP contribution in [0, 0.1) is 6.92 Å². The summed E-state index contributed by atoms with van der Waals surface area (Å²) in [6.07, 6.45) is 0. The summed E-state index contributed by atoms with van der Waals surface area (Å²) in [5, 5.41) is 8.32. The van der Waals surface area contributed by atoms with Crippen LogP contribution >= 0.6 is 0 Å². The van der Waals surface area contributed by atoms with E-state index >= 15 is 0 Å². The standard InChI is InChI=1S/C24H26N4O/c1-16-22(17-9-7-6-8-10-17)23-26-20(24(2,3)4)15-21(28(23)27-16)25-18-11-13-19(29-5)14-12-18/h6-15,25H,1-5H3. The maximum absolute atomic E-state index is 5.27. The predicted octanol–water partition coefficient (Wildman–Crippen LogP) is 5.75. The van der Waals surface area contributed by atoms with Crippen LogP contribution in [0.3, 0.4) is 0 Å². The highest BCUT2D eigenvalue weighted by Crippen LogP contribution is 2.32. The average Bonchev–Trinajstić information content (AvgIpc) is 3.04. The van der Waals surface area contributed by atoms with Gasteiger partial charge in [0, 0.05) is 22.7 Å². The molecule has 4 rings (SSSR count). The van der Waals surface area contributed by atoms with Gasteiger partial charge in [-0.3, -0.25) is 0 Å². The van der Waals surface area contributed by atoms with Gasteiger partial charge in [-0.15, -0.1) is 0 Å². The summed E-state index contributed by atoms with van der Waals surface area (Å²) in [4.78, 5) is 5.01. The first-order valence-corrected chi connectivity index (χ1v) is 9.74. The van der Waals surface area contributed by atoms with Crippen molar-refractivity contribution in [3.63, 3.8) is 0 Å². The second-order valence-corrected chi connectivity index (χ2v) is 8.19. The van der Waals surface area contributed by atoms with Crippen LogP contribution in [0.15, 0.2) is 60.7 Å². The second-order valence-electron chi connectivity index (χ2n) is 8.19. The van der Waals surface area contributed by atoms with Crippen molar-refractivity contribution in [1.82, 2.24) is 14.6 Å². The Kier molecular flexibility index (Phi) is 4.74. The van der Waals surface area contributed by atoms with E-state index in [0.29, 0.717) is 0 Å². The summed E-state index contributed by atoms with van der Waals surface area (Å²) in [5.41, 5.74) is 5.88. The van der Waals surface area contributed by atoms with E-state index in [1.165, 1.54) is 0 Å². The number of fused-ring (bicyclic) bond motifs is 1. The monoisotopic (exact) mass is 386 g/mol. The number of methoxy groups -OCH3 is 1. The molecule has 2 aromatic carbocycles. The number of benzene rings is 2. The van der Waals surface area contributed by atoms with Crippen LogP contribution in [0.5, 0.6) is 5.75 Å². The van der Waals surface area contributed by atoms with Crippen molar-refractivity contribution in [2.24, 2.45) is 0 Å². The number of anilines is 2. The summed E-state index contributed by atoms with van der Waals surface area (Å²) >= 11 is 0. The van der Waals surface area contributed by atoms with Crippen molar-refractivity contribution >= 4 is 17.2 Å². The third-order valence-corrected chi connectivity index (χ3v) is 4.96. The smallest absolute Gasteiger partial charge is 0.165 e. The molecule has 29 heavy (non-hydrogen) atoms. The van der Waals surface area contributed by atoms with Crippen molar-refractivity contribution in [3.05, 3.63) is 72.1 Å². The van der Waals surface area contributed by atoms with Crippen LogP contribution < -0.4 is 10.1 Å². The Morgan fingerprint density at radius 3 is 2.28 bits per heavy atom. The van der Waals surface area contributed by atoms with E-state index in [1.807, 2.05) is 53.9 Å². The van der Waals surface area contributed by atoms with Gasteiger partial charge in [0.05, 0.1) is 18.5 Å². The number of ether oxygens (including phenoxy) is 1. The molecule has 1 N–H and O–H groups in total. The van der Waals surface area contributed by atoms with Gasteiger partial charge < -0.3 is 10.1 Å². The molecule has 2 aromatic heterocycles. The predicted molar refractivity (Wildman–Crippen MR) is 118 cm³/mol. The molecule has 0 radical (unpaired) electrons. The summed E-state index contributed by atoms with van der Waals surface area (Å²) in [6, 6.07) is 20.3. The Hall–Kier alpha value is -3.34. The van der Waals surface area contributed by atoms with Crippen molar-refractivity contribution in [2.75, 3.05) is 12.4 Å². The van der Waals surface area contributed by atoms with Crippen LogP contribution in [0.1, 0.15) is 32.2 Å². The van der Waals surface area contributed by atoms with Gasteiger partial charge in [-0.1, -0.05) is 51.1 Å². The second kappa shape index (κ2) is 7.24. The zero-order chi connectivity index (χ0) is 20.6. The van der Waals surface area contributed by atoms with E-state index in [0.717, 1.165) is 45.4 Å². The van der Waals surface area contributed by atoms with Crippen molar-refractivity contribution < 1.29 is 4.74 Å². The molecule has 0 atom stereocenters. The first kappa shape index (κ1) is 19.0. The average molecular weight is 386 g/mol. The van der Waals surface area contributed by atoms with Gasteiger partial charge in [-0.25, -0.2) is 4.98 Å². The fourth-order valence-electron chi connectivity index (χ4n) is 3.36. The summed E-state index contributed by atoms with van der Waals surface area (Å²) in [7, 11) is 1.67. The molecule has 0 bridgehead atoms. The minimum Gasteiger partial charge on any atom is -0.497 e. The summed E-state index contributed by atoms with van der Waals surface area (Å²) in [5.74, 6) is 1.71. The highest BCUT2D eigenvalue weighted by molar-refractivity contribution is 5.81. The highest BCUT2D eigenvalue weighted by atomic mass is 16.5. The zero-order valence-electron chi connectivity index (χ0n) is 17.5. The van der Waals surface area contributed by atoms with Crippen LogP contribution in [0.25, 0.3) is 16.8 Å². The largest absolute Gasteiger partial charge is 0.497 e. The molecule has 0 aliphatic heterocycles. The lowest BCUT2D eigenvalue weighted by Gasteiger charge is -2.20. The number of hydrogen-bond donors (Lipinski definition) is 1. The number of aryl methyl sites for hydroxylation is 1. The summed E-state index contributed by atoms with van der Waals surface area (Å²) < 4.78 is 7.17. The number of nitrogens with one attached hydrogen (secondary N) is 1. The van der Waals surface area contributed by atoms with E-state index in [1.54, 1.807) is 7.11 Å².